The molecule has 0 aliphatic rings. The minimum atomic E-state index is -1.18. The number of hydrogen-bond donors (Lipinski definition) is 2. The van der Waals surface area contributed by atoms with Crippen LogP contribution in [-0.4, -0.2) is 42.2 Å². The maximum absolute atomic E-state index is 11.7. The Morgan fingerprint density at radius 3 is 2.45 bits per heavy atom. The molecule has 0 aromatic heterocycles. The summed E-state index contributed by atoms with van der Waals surface area (Å²) in [6.45, 7) is 9.14. The van der Waals surface area contributed by atoms with E-state index in [1.807, 2.05) is 0 Å². The largest absolute Gasteiger partial charge is 0.480 e. The van der Waals surface area contributed by atoms with Crippen LogP contribution in [0.25, 0.3) is 0 Å². The molecule has 0 saturated heterocycles. The monoisotopic (exact) mass is 298 g/mol. The van der Waals surface area contributed by atoms with Crippen molar-refractivity contribution in [2.24, 2.45) is 0 Å². The summed E-state index contributed by atoms with van der Waals surface area (Å²) in [6, 6.07) is 7.06. The fourth-order valence-corrected chi connectivity index (χ4v) is 2.48. The van der Waals surface area contributed by atoms with Gasteiger partial charge in [-0.1, -0.05) is 43.6 Å². The van der Waals surface area contributed by atoms with Crippen molar-refractivity contribution in [2.45, 2.75) is 26.3 Å². The number of halogens is 1. The quantitative estimate of drug-likeness (QED) is 0.774. The second-order valence-corrected chi connectivity index (χ2v) is 5.27. The number of likely N-dealkylation sites (N-methyl/N-ethyl adjacent to an activating group) is 1. The van der Waals surface area contributed by atoms with Crippen LogP contribution in [0.4, 0.5) is 0 Å². The summed E-state index contributed by atoms with van der Waals surface area (Å²) in [5, 5.41) is 13.1. The molecular formula is C15H23ClN2O2. The average Bonchev–Trinajstić information content (AvgIpc) is 2.43. The maximum Gasteiger partial charge on any atom is 0.328 e. The van der Waals surface area contributed by atoms with Crippen molar-refractivity contribution < 1.29 is 9.90 Å². The van der Waals surface area contributed by atoms with Gasteiger partial charge < -0.3 is 10.0 Å². The molecule has 1 unspecified atom stereocenters. The first-order chi connectivity index (χ1) is 9.45. The van der Waals surface area contributed by atoms with Crippen molar-refractivity contribution in [1.82, 2.24) is 10.2 Å². The highest BCUT2D eigenvalue weighted by molar-refractivity contribution is 6.31. The van der Waals surface area contributed by atoms with E-state index in [0.29, 0.717) is 17.1 Å². The number of hydrogen-bond acceptors (Lipinski definition) is 3. The molecule has 112 valence electrons. The summed E-state index contributed by atoms with van der Waals surface area (Å²) in [7, 11) is 0. The third-order valence-corrected chi connectivity index (χ3v) is 3.97. The van der Waals surface area contributed by atoms with Crippen LogP contribution in [-0.2, 0) is 10.3 Å². The first kappa shape index (κ1) is 17.0. The van der Waals surface area contributed by atoms with Crippen molar-refractivity contribution in [2.75, 3.05) is 26.2 Å². The molecule has 0 radical (unpaired) electrons. The van der Waals surface area contributed by atoms with Crippen molar-refractivity contribution in [3.8, 4) is 0 Å². The Balaban J connectivity index is 2.83. The van der Waals surface area contributed by atoms with E-state index in [-0.39, 0.29) is 0 Å². The number of carboxylic acid groups (broad SMARTS) is 1. The van der Waals surface area contributed by atoms with E-state index >= 15 is 0 Å². The average molecular weight is 299 g/mol. The molecule has 0 fully saturated rings. The van der Waals surface area contributed by atoms with Gasteiger partial charge in [-0.3, -0.25) is 5.32 Å². The first-order valence-electron chi connectivity index (χ1n) is 6.91. The number of nitrogens with zero attached hydrogens (tertiary/aromatic N) is 1. The Labute approximate surface area is 125 Å². The Morgan fingerprint density at radius 1 is 1.35 bits per heavy atom. The van der Waals surface area contributed by atoms with E-state index < -0.39 is 11.5 Å². The lowest BCUT2D eigenvalue weighted by Crippen LogP contribution is -2.49. The van der Waals surface area contributed by atoms with Gasteiger partial charge in [0.15, 0.2) is 0 Å². The molecule has 1 rings (SSSR count). The van der Waals surface area contributed by atoms with Crippen molar-refractivity contribution in [3.63, 3.8) is 0 Å². The lowest BCUT2D eigenvalue weighted by atomic mass is 9.92. The van der Waals surface area contributed by atoms with Crippen LogP contribution >= 0.6 is 11.6 Å². The van der Waals surface area contributed by atoms with E-state index in [1.54, 1.807) is 31.2 Å². The molecule has 1 aromatic carbocycles. The van der Waals surface area contributed by atoms with Crippen LogP contribution in [0.5, 0.6) is 0 Å². The van der Waals surface area contributed by atoms with Gasteiger partial charge in [0.05, 0.1) is 0 Å². The maximum atomic E-state index is 11.7. The number of benzene rings is 1. The third-order valence-electron chi connectivity index (χ3n) is 3.64. The smallest absolute Gasteiger partial charge is 0.328 e. The SMILES string of the molecule is CCN(CC)CCNC(C)(C(=O)O)c1ccccc1Cl. The topological polar surface area (TPSA) is 52.6 Å². The molecule has 0 bridgehead atoms. The van der Waals surface area contributed by atoms with Crippen LogP contribution in [0.15, 0.2) is 24.3 Å². The highest BCUT2D eigenvalue weighted by Crippen LogP contribution is 2.28. The number of nitrogens with one attached hydrogen (secondary N) is 1. The minimum absolute atomic E-state index is 0.465. The van der Waals surface area contributed by atoms with Crippen molar-refractivity contribution >= 4 is 17.6 Å². The van der Waals surface area contributed by atoms with E-state index in [0.717, 1.165) is 19.6 Å². The van der Waals surface area contributed by atoms with Gasteiger partial charge in [0.25, 0.3) is 0 Å². The predicted molar refractivity (Wildman–Crippen MR) is 82.2 cm³/mol. The number of rotatable bonds is 8. The van der Waals surface area contributed by atoms with Crippen molar-refractivity contribution in [1.29, 1.82) is 0 Å². The highest BCUT2D eigenvalue weighted by Gasteiger charge is 2.36. The summed E-state index contributed by atoms with van der Waals surface area (Å²) >= 11 is 6.13. The molecular weight excluding hydrogens is 276 g/mol. The Hall–Kier alpha value is -1.10. The molecule has 5 heteroatoms. The van der Waals surface area contributed by atoms with E-state index in [2.05, 4.69) is 24.1 Å². The Morgan fingerprint density at radius 2 is 1.95 bits per heavy atom. The fourth-order valence-electron chi connectivity index (χ4n) is 2.16. The molecule has 1 atom stereocenters. The molecule has 4 nitrogen and oxygen atoms in total. The van der Waals surface area contributed by atoms with Gasteiger partial charge in [-0.2, -0.15) is 0 Å². The van der Waals surface area contributed by atoms with Crippen LogP contribution in [0.1, 0.15) is 26.3 Å². The lowest BCUT2D eigenvalue weighted by Gasteiger charge is -2.29. The molecule has 20 heavy (non-hydrogen) atoms. The standard InChI is InChI=1S/C15H23ClN2O2/c1-4-18(5-2)11-10-17-15(3,14(19)20)12-8-6-7-9-13(12)16/h6-9,17H,4-5,10-11H2,1-3H3,(H,19,20). The van der Waals surface area contributed by atoms with Gasteiger partial charge in [0.1, 0.15) is 5.54 Å². The summed E-state index contributed by atoms with van der Waals surface area (Å²) in [6.07, 6.45) is 0. The molecule has 1 aromatic rings. The van der Waals surface area contributed by atoms with Gasteiger partial charge in [0, 0.05) is 23.7 Å². The van der Waals surface area contributed by atoms with Crippen molar-refractivity contribution in [3.05, 3.63) is 34.9 Å². The van der Waals surface area contributed by atoms with Gasteiger partial charge in [-0.05, 0) is 26.1 Å². The summed E-state index contributed by atoms with van der Waals surface area (Å²) < 4.78 is 0. The van der Waals surface area contributed by atoms with Gasteiger partial charge in [0.2, 0.25) is 0 Å². The Bertz CT molecular complexity index is 449. The van der Waals surface area contributed by atoms with Crippen LogP contribution in [0.3, 0.4) is 0 Å². The molecule has 0 heterocycles. The van der Waals surface area contributed by atoms with Crippen LogP contribution in [0.2, 0.25) is 5.02 Å². The summed E-state index contributed by atoms with van der Waals surface area (Å²) in [4.78, 5) is 13.9. The van der Waals surface area contributed by atoms with E-state index in [4.69, 9.17) is 11.6 Å². The molecule has 0 amide bonds. The zero-order valence-electron chi connectivity index (χ0n) is 12.3. The van der Waals surface area contributed by atoms with Crippen LogP contribution in [0, 0.1) is 0 Å². The molecule has 0 spiro atoms. The zero-order valence-corrected chi connectivity index (χ0v) is 13.1. The lowest BCUT2D eigenvalue weighted by molar-refractivity contribution is -0.144. The third kappa shape index (κ3) is 3.95. The van der Waals surface area contributed by atoms with Gasteiger partial charge >= 0.3 is 5.97 Å². The first-order valence-corrected chi connectivity index (χ1v) is 7.29. The van der Waals surface area contributed by atoms with Gasteiger partial charge in [-0.15, -0.1) is 0 Å². The number of carbonyl (C=O) groups is 1. The fraction of sp³-hybridized carbons (Fsp3) is 0.533. The number of carboxylic acids is 1. The normalized spacial score (nSPS) is 14.2. The van der Waals surface area contributed by atoms with E-state index in [9.17, 15) is 9.90 Å². The second kappa shape index (κ2) is 7.62. The molecule has 0 aliphatic heterocycles. The minimum Gasteiger partial charge on any atom is -0.480 e. The van der Waals surface area contributed by atoms with E-state index in [1.165, 1.54) is 0 Å². The summed E-state index contributed by atoms with van der Waals surface area (Å²) in [5.74, 6) is -0.926. The summed E-state index contributed by atoms with van der Waals surface area (Å²) in [5.41, 5.74) is -0.584. The highest BCUT2D eigenvalue weighted by atomic mass is 35.5. The Kier molecular flexibility index (Phi) is 6.46. The molecule has 2 N–H and O–H groups in total. The van der Waals surface area contributed by atoms with Gasteiger partial charge in [-0.25, -0.2) is 4.79 Å². The second-order valence-electron chi connectivity index (χ2n) is 4.86. The molecule has 0 aliphatic carbocycles. The zero-order chi connectivity index (χ0) is 15.2. The van der Waals surface area contributed by atoms with Crippen LogP contribution < -0.4 is 5.32 Å². The molecule has 0 saturated carbocycles. The number of aliphatic carboxylic acids is 1. The predicted octanol–water partition coefficient (Wildman–Crippen LogP) is 2.57.